The van der Waals surface area contributed by atoms with Crippen LogP contribution in [-0.2, 0) is 14.3 Å². The van der Waals surface area contributed by atoms with Crippen LogP contribution in [0.3, 0.4) is 0 Å². The number of aryl methyl sites for hydroxylation is 2. The molecule has 214 valence electrons. The molecule has 0 bridgehead atoms. The van der Waals surface area contributed by atoms with Crippen LogP contribution in [0.4, 0.5) is 8.78 Å². The average Bonchev–Trinajstić information content (AvgIpc) is 3.78. The highest BCUT2D eigenvalue weighted by Gasteiger charge is 2.34. The van der Waals surface area contributed by atoms with Crippen LogP contribution in [0.15, 0.2) is 54.4 Å². The second kappa shape index (κ2) is 12.3. The maximum Gasteiger partial charge on any atom is 0.333 e. The first-order valence-corrected chi connectivity index (χ1v) is 13.0. The molecule has 0 radical (unpaired) electrons. The van der Waals surface area contributed by atoms with Gasteiger partial charge in [0.2, 0.25) is 5.75 Å². The maximum absolute atomic E-state index is 14.5. The summed E-state index contributed by atoms with van der Waals surface area (Å²) in [4.78, 5) is 42.5. The molecule has 3 aromatic rings. The summed E-state index contributed by atoms with van der Waals surface area (Å²) in [5.41, 5.74) is 1.65. The topological polar surface area (TPSA) is 104 Å². The van der Waals surface area contributed by atoms with Gasteiger partial charge in [-0.2, -0.15) is 0 Å². The number of aromatic nitrogens is 1. The Labute approximate surface area is 236 Å². The molecule has 1 atom stereocenters. The minimum Gasteiger partial charge on any atom is -0.493 e. The van der Waals surface area contributed by atoms with Crippen LogP contribution in [0.2, 0.25) is 0 Å². The van der Waals surface area contributed by atoms with Crippen molar-refractivity contribution in [1.82, 2.24) is 10.3 Å². The standard InChI is InChI=1S/C31H30F2N2O6/c1-16-6-8-21(14-23(16)32)26(22-9-7-17(2)24(33)15-22)19(4)40-30(37)18(3)35-29(36)27-28(25(39-5)12-13-34-27)41-31(38)20-10-11-20/h6-9,12-15,18,20H,10-11H2,1-5H3,(H,35,36)/t18-/m0/s1. The van der Waals surface area contributed by atoms with E-state index in [1.54, 1.807) is 38.1 Å². The van der Waals surface area contributed by atoms with Crippen LogP contribution in [0.5, 0.6) is 11.5 Å². The van der Waals surface area contributed by atoms with Gasteiger partial charge < -0.3 is 19.5 Å². The Bertz CT molecular complexity index is 1490. The van der Waals surface area contributed by atoms with E-state index in [0.29, 0.717) is 40.7 Å². The van der Waals surface area contributed by atoms with Gasteiger partial charge in [-0.05, 0) is 74.9 Å². The number of methoxy groups -OCH3 is 1. The Kier molecular flexibility index (Phi) is 8.80. The van der Waals surface area contributed by atoms with Crippen LogP contribution in [0.25, 0.3) is 5.57 Å². The summed E-state index contributed by atoms with van der Waals surface area (Å²) in [6.07, 6.45) is 2.71. The molecule has 0 unspecified atom stereocenters. The number of carbonyl (C=O) groups is 3. The van der Waals surface area contributed by atoms with Crippen molar-refractivity contribution in [3.05, 3.63) is 94.0 Å². The molecule has 41 heavy (non-hydrogen) atoms. The number of nitrogens with zero attached hydrogens (tertiary/aromatic N) is 1. The lowest BCUT2D eigenvalue weighted by atomic mass is 9.95. The number of hydrogen-bond donors (Lipinski definition) is 1. The highest BCUT2D eigenvalue weighted by atomic mass is 19.1. The summed E-state index contributed by atoms with van der Waals surface area (Å²) in [7, 11) is 1.36. The fraction of sp³-hybridized carbons (Fsp3) is 0.290. The Hall–Kier alpha value is -4.60. The first kappa shape index (κ1) is 29.4. The van der Waals surface area contributed by atoms with Crippen molar-refractivity contribution in [2.45, 2.75) is 46.6 Å². The third-order valence-corrected chi connectivity index (χ3v) is 6.64. The number of pyridine rings is 1. The number of ether oxygens (including phenoxy) is 3. The minimum absolute atomic E-state index is 0.0705. The van der Waals surface area contributed by atoms with Crippen LogP contribution >= 0.6 is 0 Å². The normalized spacial score (nSPS) is 13.1. The van der Waals surface area contributed by atoms with Gasteiger partial charge in [0.1, 0.15) is 23.4 Å². The number of esters is 2. The molecule has 1 fully saturated rings. The van der Waals surface area contributed by atoms with Crippen molar-refractivity contribution in [2.24, 2.45) is 5.92 Å². The molecule has 1 saturated carbocycles. The number of carbonyl (C=O) groups excluding carboxylic acids is 3. The van der Waals surface area contributed by atoms with Crippen LogP contribution < -0.4 is 14.8 Å². The SMILES string of the molecule is COc1ccnc(C(=O)N[C@@H](C)C(=O)OC(C)=C(c2ccc(C)c(F)c2)c2ccc(C)c(F)c2)c1OC(=O)C1CC1. The lowest BCUT2D eigenvalue weighted by Gasteiger charge is -2.18. The molecular weight excluding hydrogens is 534 g/mol. The predicted molar refractivity (Wildman–Crippen MR) is 146 cm³/mol. The van der Waals surface area contributed by atoms with E-state index < -0.39 is 35.5 Å². The van der Waals surface area contributed by atoms with Crippen molar-refractivity contribution >= 4 is 23.4 Å². The van der Waals surface area contributed by atoms with Crippen LogP contribution in [-0.4, -0.2) is 36.0 Å². The van der Waals surface area contributed by atoms with Crippen molar-refractivity contribution in [2.75, 3.05) is 7.11 Å². The minimum atomic E-state index is -1.18. The lowest BCUT2D eigenvalue weighted by Crippen LogP contribution is -2.40. The lowest BCUT2D eigenvalue weighted by molar-refractivity contribution is -0.141. The summed E-state index contributed by atoms with van der Waals surface area (Å²) in [5, 5.41) is 2.50. The summed E-state index contributed by atoms with van der Waals surface area (Å²) in [6, 6.07) is 9.27. The second-order valence-electron chi connectivity index (χ2n) is 9.86. The monoisotopic (exact) mass is 564 g/mol. The van der Waals surface area contributed by atoms with E-state index in [4.69, 9.17) is 14.2 Å². The summed E-state index contributed by atoms with van der Waals surface area (Å²) in [6.45, 7) is 6.12. The van der Waals surface area contributed by atoms with Crippen molar-refractivity contribution in [3.63, 3.8) is 0 Å². The molecular formula is C31H30F2N2O6. The number of halogens is 2. The van der Waals surface area contributed by atoms with Crippen molar-refractivity contribution < 1.29 is 37.4 Å². The number of nitrogens with one attached hydrogen (secondary N) is 1. The Morgan fingerprint density at radius 1 is 0.976 bits per heavy atom. The van der Waals surface area contributed by atoms with Gasteiger partial charge in [0.15, 0.2) is 11.4 Å². The van der Waals surface area contributed by atoms with E-state index in [0.717, 1.165) is 0 Å². The van der Waals surface area contributed by atoms with Gasteiger partial charge in [-0.1, -0.05) is 24.3 Å². The first-order valence-electron chi connectivity index (χ1n) is 13.0. The van der Waals surface area contributed by atoms with E-state index in [9.17, 15) is 23.2 Å². The Morgan fingerprint density at radius 3 is 2.07 bits per heavy atom. The fourth-order valence-electron chi connectivity index (χ4n) is 4.04. The molecule has 8 nitrogen and oxygen atoms in total. The third-order valence-electron chi connectivity index (χ3n) is 6.64. The number of allylic oxidation sites excluding steroid dienone is 1. The highest BCUT2D eigenvalue weighted by Crippen LogP contribution is 2.35. The fourth-order valence-corrected chi connectivity index (χ4v) is 4.04. The van der Waals surface area contributed by atoms with Gasteiger partial charge in [0.05, 0.1) is 13.0 Å². The largest absolute Gasteiger partial charge is 0.493 e. The molecule has 1 amide bonds. The molecule has 2 aromatic carbocycles. The van der Waals surface area contributed by atoms with E-state index in [2.05, 4.69) is 10.3 Å². The highest BCUT2D eigenvalue weighted by molar-refractivity contribution is 5.99. The molecule has 0 aliphatic heterocycles. The van der Waals surface area contributed by atoms with Crippen molar-refractivity contribution in [1.29, 1.82) is 0 Å². The Balaban J connectivity index is 1.59. The number of benzene rings is 2. The van der Waals surface area contributed by atoms with Gasteiger partial charge in [-0.3, -0.25) is 9.59 Å². The van der Waals surface area contributed by atoms with Gasteiger partial charge in [-0.25, -0.2) is 18.6 Å². The molecule has 1 aliphatic carbocycles. The summed E-state index contributed by atoms with van der Waals surface area (Å²) >= 11 is 0. The summed E-state index contributed by atoms with van der Waals surface area (Å²) in [5.74, 6) is -3.26. The zero-order valence-electron chi connectivity index (χ0n) is 23.3. The van der Waals surface area contributed by atoms with Gasteiger partial charge >= 0.3 is 11.9 Å². The Morgan fingerprint density at radius 2 is 1.56 bits per heavy atom. The van der Waals surface area contributed by atoms with Gasteiger partial charge in [0.25, 0.3) is 5.91 Å². The van der Waals surface area contributed by atoms with Crippen molar-refractivity contribution in [3.8, 4) is 11.5 Å². The van der Waals surface area contributed by atoms with E-state index in [-0.39, 0.29) is 28.9 Å². The van der Waals surface area contributed by atoms with E-state index in [1.807, 2.05) is 0 Å². The molecule has 10 heteroatoms. The molecule has 1 heterocycles. The molecule has 0 spiro atoms. The van der Waals surface area contributed by atoms with E-state index in [1.165, 1.54) is 45.4 Å². The number of amides is 1. The number of rotatable bonds is 9. The zero-order chi connectivity index (χ0) is 29.8. The molecule has 1 N–H and O–H groups in total. The summed E-state index contributed by atoms with van der Waals surface area (Å²) < 4.78 is 45.2. The van der Waals surface area contributed by atoms with Gasteiger partial charge in [-0.15, -0.1) is 0 Å². The van der Waals surface area contributed by atoms with Gasteiger partial charge in [0, 0.05) is 17.8 Å². The average molecular weight is 565 g/mol. The van der Waals surface area contributed by atoms with Crippen LogP contribution in [0.1, 0.15) is 59.4 Å². The first-order chi connectivity index (χ1) is 19.5. The number of hydrogen-bond acceptors (Lipinski definition) is 7. The molecule has 1 aromatic heterocycles. The third kappa shape index (κ3) is 6.77. The molecule has 1 aliphatic rings. The quantitative estimate of drug-likeness (QED) is 0.273. The second-order valence-corrected chi connectivity index (χ2v) is 9.86. The van der Waals surface area contributed by atoms with E-state index >= 15 is 0 Å². The smallest absolute Gasteiger partial charge is 0.333 e. The molecule has 4 rings (SSSR count). The molecule has 0 saturated heterocycles. The van der Waals surface area contributed by atoms with Crippen LogP contribution in [0, 0.1) is 31.4 Å². The zero-order valence-corrected chi connectivity index (χ0v) is 23.3. The maximum atomic E-state index is 14.5. The predicted octanol–water partition coefficient (Wildman–Crippen LogP) is 5.44.